The molecule has 1 aliphatic carbocycles. The minimum atomic E-state index is -0.494. The molecule has 2 heterocycles. The average molecular weight is 439 g/mol. The number of hydrogen-bond donors (Lipinski definition) is 2. The van der Waals surface area contributed by atoms with Gasteiger partial charge in [0, 0.05) is 17.7 Å². The van der Waals surface area contributed by atoms with Gasteiger partial charge in [-0.2, -0.15) is 5.26 Å². The van der Waals surface area contributed by atoms with E-state index in [0.717, 1.165) is 11.3 Å². The first-order chi connectivity index (χ1) is 14.5. The summed E-state index contributed by atoms with van der Waals surface area (Å²) in [5.41, 5.74) is 14.2. The second-order valence-electron chi connectivity index (χ2n) is 6.83. The molecule has 30 heavy (non-hydrogen) atoms. The van der Waals surface area contributed by atoms with Gasteiger partial charge in [-0.3, -0.25) is 14.5 Å². The van der Waals surface area contributed by atoms with Crippen LogP contribution in [0.2, 0.25) is 0 Å². The number of nitriles is 1. The predicted octanol–water partition coefficient (Wildman–Crippen LogP) is 2.42. The second-order valence-corrected chi connectivity index (χ2v) is 9.01. The van der Waals surface area contributed by atoms with Gasteiger partial charge in [-0.1, -0.05) is 53.4 Å². The molecule has 0 bridgehead atoms. The normalized spacial score (nSPS) is 19.0. The van der Waals surface area contributed by atoms with Crippen LogP contribution in [0.4, 0.5) is 5.13 Å². The summed E-state index contributed by atoms with van der Waals surface area (Å²) >= 11 is 2.43. The van der Waals surface area contributed by atoms with Gasteiger partial charge in [-0.15, -0.1) is 10.2 Å². The number of thioether (sulfide) groups is 1. The van der Waals surface area contributed by atoms with Crippen LogP contribution < -0.4 is 16.4 Å². The Labute approximate surface area is 181 Å². The van der Waals surface area contributed by atoms with Crippen LogP contribution in [0.1, 0.15) is 30.7 Å². The highest BCUT2D eigenvalue weighted by Gasteiger charge is 2.41. The predicted molar refractivity (Wildman–Crippen MR) is 114 cm³/mol. The van der Waals surface area contributed by atoms with E-state index in [4.69, 9.17) is 11.5 Å². The van der Waals surface area contributed by atoms with Crippen molar-refractivity contribution < 1.29 is 9.59 Å². The van der Waals surface area contributed by atoms with Crippen LogP contribution in [0, 0.1) is 11.3 Å². The van der Waals surface area contributed by atoms with Gasteiger partial charge in [0.1, 0.15) is 5.82 Å². The smallest absolute Gasteiger partial charge is 0.227 e. The van der Waals surface area contributed by atoms with Gasteiger partial charge in [0.15, 0.2) is 10.1 Å². The summed E-state index contributed by atoms with van der Waals surface area (Å²) in [6.45, 7) is 0. The van der Waals surface area contributed by atoms with Gasteiger partial charge < -0.3 is 11.5 Å². The van der Waals surface area contributed by atoms with Crippen LogP contribution in [0.5, 0.6) is 0 Å². The molecule has 2 aromatic rings. The molecule has 4 N–H and O–H groups in total. The number of primary amides is 1. The molecule has 0 saturated carbocycles. The topological polar surface area (TPSA) is 139 Å². The average Bonchev–Trinajstić information content (AvgIpc) is 3.20. The highest BCUT2D eigenvalue weighted by Crippen LogP contribution is 2.46. The minimum absolute atomic E-state index is 0.0168. The quantitative estimate of drug-likeness (QED) is 0.679. The molecule has 8 nitrogen and oxygen atoms in total. The fourth-order valence-electron chi connectivity index (χ4n) is 3.77. The molecule has 0 radical (unpaired) electrons. The number of carbonyl (C=O) groups is 2. The van der Waals surface area contributed by atoms with Crippen molar-refractivity contribution in [3.8, 4) is 6.07 Å². The summed E-state index contributed by atoms with van der Waals surface area (Å²) in [5.74, 6) is -0.585. The Morgan fingerprint density at radius 2 is 2.07 bits per heavy atom. The maximum Gasteiger partial charge on any atom is 0.227 e. The molecule has 4 rings (SSSR count). The molecule has 2 aliphatic rings. The van der Waals surface area contributed by atoms with Crippen molar-refractivity contribution in [2.75, 3.05) is 10.7 Å². The number of amides is 1. The van der Waals surface area contributed by atoms with E-state index in [2.05, 4.69) is 16.3 Å². The Morgan fingerprint density at radius 1 is 1.30 bits per heavy atom. The van der Waals surface area contributed by atoms with Gasteiger partial charge in [0.05, 0.1) is 23.3 Å². The fraction of sp³-hybridized carbons (Fsp3) is 0.250. The molecule has 1 amide bonds. The lowest BCUT2D eigenvalue weighted by atomic mass is 9.76. The molecule has 152 valence electrons. The van der Waals surface area contributed by atoms with Crippen LogP contribution in [-0.2, 0) is 9.59 Å². The number of Topliss-reactive ketones (excluding diaryl/α,β-unsaturated/α-hetero) is 1. The summed E-state index contributed by atoms with van der Waals surface area (Å²) in [4.78, 5) is 25.7. The van der Waals surface area contributed by atoms with Crippen molar-refractivity contribution in [1.29, 1.82) is 5.26 Å². The SMILES string of the molecule is N#CC1=C(N)N(c2nnc(SCC(N)=O)s2)C2=C(C(=O)CCC2)C1c1ccccc1. The standard InChI is InChI=1S/C20H18N6O2S2/c21-9-12-16(11-5-2-1-3-6-11)17-13(7-4-8-14(17)27)26(18(12)23)19-24-25-20(30-19)29-10-15(22)28/h1-3,5-6,16H,4,7-8,10,23H2,(H2,22,28). The van der Waals surface area contributed by atoms with E-state index in [0.29, 0.717) is 39.9 Å². The Hall–Kier alpha value is -3.16. The zero-order valence-corrected chi connectivity index (χ0v) is 17.5. The maximum absolute atomic E-state index is 13.0. The van der Waals surface area contributed by atoms with Crippen molar-refractivity contribution >= 4 is 39.9 Å². The van der Waals surface area contributed by atoms with Crippen molar-refractivity contribution in [2.45, 2.75) is 29.5 Å². The molecule has 10 heteroatoms. The number of rotatable bonds is 5. The zero-order chi connectivity index (χ0) is 21.3. The van der Waals surface area contributed by atoms with Gasteiger partial charge in [0.2, 0.25) is 11.0 Å². The number of allylic oxidation sites excluding steroid dienone is 3. The Balaban J connectivity index is 1.83. The Kier molecular flexibility index (Phi) is 5.57. The first kappa shape index (κ1) is 20.1. The highest BCUT2D eigenvalue weighted by molar-refractivity contribution is 8.01. The molecule has 0 fully saturated rings. The van der Waals surface area contributed by atoms with E-state index in [9.17, 15) is 14.9 Å². The fourth-order valence-corrected chi connectivity index (χ4v) is 5.39. The summed E-state index contributed by atoms with van der Waals surface area (Å²) in [5, 5.41) is 18.7. The number of carbonyl (C=O) groups excluding carboxylic acids is 2. The largest absolute Gasteiger partial charge is 0.384 e. The van der Waals surface area contributed by atoms with Gasteiger partial charge in [-0.25, -0.2) is 0 Å². The third kappa shape index (κ3) is 3.58. The zero-order valence-electron chi connectivity index (χ0n) is 15.9. The monoisotopic (exact) mass is 438 g/mol. The number of hydrogen-bond acceptors (Lipinski definition) is 9. The molecule has 1 aromatic heterocycles. The summed E-state index contributed by atoms with van der Waals surface area (Å²) < 4.78 is 0.560. The molecule has 1 unspecified atom stereocenters. The van der Waals surface area contributed by atoms with Crippen LogP contribution in [-0.4, -0.2) is 27.6 Å². The lowest BCUT2D eigenvalue weighted by Crippen LogP contribution is -2.38. The van der Waals surface area contributed by atoms with E-state index in [1.807, 2.05) is 30.3 Å². The van der Waals surface area contributed by atoms with Crippen LogP contribution in [0.25, 0.3) is 0 Å². The highest BCUT2D eigenvalue weighted by atomic mass is 32.2. The molecular weight excluding hydrogens is 420 g/mol. The maximum atomic E-state index is 13.0. The second kappa shape index (κ2) is 8.30. The minimum Gasteiger partial charge on any atom is -0.384 e. The number of ketones is 1. The summed E-state index contributed by atoms with van der Waals surface area (Å²) in [6, 6.07) is 11.7. The number of aromatic nitrogens is 2. The van der Waals surface area contributed by atoms with Crippen LogP contribution in [0.15, 0.2) is 57.3 Å². The number of anilines is 1. The molecule has 1 aromatic carbocycles. The van der Waals surface area contributed by atoms with Crippen LogP contribution in [0.3, 0.4) is 0 Å². The number of benzene rings is 1. The van der Waals surface area contributed by atoms with Crippen molar-refractivity contribution in [3.63, 3.8) is 0 Å². The van der Waals surface area contributed by atoms with Gasteiger partial charge in [0.25, 0.3) is 0 Å². The molecule has 0 saturated heterocycles. The first-order valence-electron chi connectivity index (χ1n) is 9.27. The first-order valence-corrected chi connectivity index (χ1v) is 11.1. The molecule has 1 atom stereocenters. The lowest BCUT2D eigenvalue weighted by Gasteiger charge is -2.38. The number of nitrogens with two attached hydrogens (primary N) is 2. The van der Waals surface area contributed by atoms with E-state index >= 15 is 0 Å². The van der Waals surface area contributed by atoms with Crippen molar-refractivity contribution in [3.05, 3.63) is 58.6 Å². The van der Waals surface area contributed by atoms with E-state index in [-0.39, 0.29) is 17.4 Å². The van der Waals surface area contributed by atoms with Crippen LogP contribution >= 0.6 is 23.1 Å². The van der Waals surface area contributed by atoms with Gasteiger partial charge >= 0.3 is 0 Å². The third-order valence-electron chi connectivity index (χ3n) is 4.97. The van der Waals surface area contributed by atoms with Gasteiger partial charge in [-0.05, 0) is 18.4 Å². The van der Waals surface area contributed by atoms with E-state index in [1.165, 1.54) is 23.1 Å². The summed E-state index contributed by atoms with van der Waals surface area (Å²) in [6.07, 6.45) is 1.78. The third-order valence-corrected chi connectivity index (χ3v) is 7.04. The Bertz CT molecular complexity index is 1120. The molecule has 0 spiro atoms. The lowest BCUT2D eigenvalue weighted by molar-refractivity contribution is -0.116. The van der Waals surface area contributed by atoms with E-state index < -0.39 is 11.8 Å². The summed E-state index contributed by atoms with van der Waals surface area (Å²) in [7, 11) is 0. The molecule has 1 aliphatic heterocycles. The van der Waals surface area contributed by atoms with Crippen molar-refractivity contribution in [2.24, 2.45) is 11.5 Å². The number of nitrogens with zero attached hydrogens (tertiary/aromatic N) is 4. The van der Waals surface area contributed by atoms with E-state index in [1.54, 1.807) is 4.90 Å². The molecular formula is C20H18N6O2S2. The Morgan fingerprint density at radius 3 is 2.77 bits per heavy atom. The van der Waals surface area contributed by atoms with Crippen molar-refractivity contribution in [1.82, 2.24) is 10.2 Å².